The second-order valence-corrected chi connectivity index (χ2v) is 9.27. The van der Waals surface area contributed by atoms with E-state index in [0.29, 0.717) is 30.0 Å². The van der Waals surface area contributed by atoms with Crippen molar-refractivity contribution in [2.75, 3.05) is 19.0 Å². The first-order valence-corrected chi connectivity index (χ1v) is 10.1. The van der Waals surface area contributed by atoms with Gasteiger partial charge in [-0.3, -0.25) is 9.69 Å². The number of ether oxygens (including phenoxy) is 2. The van der Waals surface area contributed by atoms with Crippen molar-refractivity contribution in [1.82, 2.24) is 9.88 Å². The summed E-state index contributed by atoms with van der Waals surface area (Å²) in [5, 5.41) is 2.86. The number of amides is 2. The number of hydrogen-bond acceptors (Lipinski definition) is 6. The summed E-state index contributed by atoms with van der Waals surface area (Å²) in [6, 6.07) is 2.91. The molecular formula is C19H27BrN4O4. The van der Waals surface area contributed by atoms with E-state index in [9.17, 15) is 9.59 Å². The van der Waals surface area contributed by atoms with Crippen molar-refractivity contribution in [1.29, 1.82) is 0 Å². The maximum atomic E-state index is 13.1. The van der Waals surface area contributed by atoms with Crippen LogP contribution in [0, 0.1) is 5.41 Å². The molecule has 1 saturated heterocycles. The normalized spacial score (nSPS) is 26.0. The molecule has 3 atom stereocenters. The summed E-state index contributed by atoms with van der Waals surface area (Å²) < 4.78 is 11.3. The molecular weight excluding hydrogens is 428 g/mol. The van der Waals surface area contributed by atoms with Crippen molar-refractivity contribution in [2.24, 2.45) is 11.1 Å². The first-order valence-electron chi connectivity index (χ1n) is 9.27. The second-order valence-electron chi connectivity index (χ2n) is 8.46. The van der Waals surface area contributed by atoms with Crippen LogP contribution in [0.1, 0.15) is 39.2 Å². The largest absolute Gasteiger partial charge is 0.444 e. The van der Waals surface area contributed by atoms with Crippen LogP contribution in [0.5, 0.6) is 0 Å². The molecule has 3 rings (SSSR count). The summed E-state index contributed by atoms with van der Waals surface area (Å²) in [6.07, 6.45) is 0.841. The van der Waals surface area contributed by atoms with Gasteiger partial charge in [-0.25, -0.2) is 9.78 Å². The lowest BCUT2D eigenvalue weighted by molar-refractivity contribution is -0.121. The molecule has 2 heterocycles. The van der Waals surface area contributed by atoms with Gasteiger partial charge in [0.05, 0.1) is 6.61 Å². The van der Waals surface area contributed by atoms with Gasteiger partial charge in [0.25, 0.3) is 0 Å². The average molecular weight is 455 g/mol. The monoisotopic (exact) mass is 454 g/mol. The Morgan fingerprint density at radius 1 is 1.39 bits per heavy atom. The van der Waals surface area contributed by atoms with E-state index in [1.807, 2.05) is 26.8 Å². The van der Waals surface area contributed by atoms with Crippen molar-refractivity contribution >= 4 is 33.7 Å². The first-order chi connectivity index (χ1) is 13.1. The predicted octanol–water partition coefficient (Wildman–Crippen LogP) is 2.66. The molecule has 2 aliphatic rings. The molecule has 2 amide bonds. The van der Waals surface area contributed by atoms with E-state index in [0.717, 1.165) is 12.0 Å². The number of methoxy groups -OCH3 is 1. The third-order valence-corrected chi connectivity index (χ3v) is 5.66. The summed E-state index contributed by atoms with van der Waals surface area (Å²) in [5.74, 6) is 0.113. The minimum Gasteiger partial charge on any atom is -0.444 e. The Kier molecular flexibility index (Phi) is 5.71. The van der Waals surface area contributed by atoms with Crippen LogP contribution in [-0.2, 0) is 20.9 Å². The number of carbonyl (C=O) groups excluding carboxylic acids is 2. The molecule has 0 aromatic carbocycles. The van der Waals surface area contributed by atoms with Crippen molar-refractivity contribution in [3.8, 4) is 0 Å². The molecule has 0 radical (unpaired) electrons. The number of pyridine rings is 1. The number of aromatic nitrogens is 1. The molecule has 0 spiro atoms. The standard InChI is InChI=1S/C19H27BrN4O4/c1-18(2,3)28-17(26)24-12(7-19(10-21)8-13(19)24)16(25)23-15-11(9-27-4)5-6-14(20)22-15/h5-6,12-13H,7-10,21H2,1-4H3,(H,22,23,25)/t12-,13+,19-/m0/s1. The maximum absolute atomic E-state index is 13.1. The van der Waals surface area contributed by atoms with Gasteiger partial charge in [-0.2, -0.15) is 0 Å². The lowest BCUT2D eigenvalue weighted by Crippen LogP contribution is -2.47. The van der Waals surface area contributed by atoms with E-state index in [2.05, 4.69) is 26.2 Å². The fraction of sp³-hybridized carbons (Fsp3) is 0.632. The molecule has 154 valence electrons. The number of carbonyl (C=O) groups is 2. The minimum atomic E-state index is -0.645. The van der Waals surface area contributed by atoms with E-state index in [4.69, 9.17) is 15.2 Å². The summed E-state index contributed by atoms with van der Waals surface area (Å²) in [7, 11) is 1.58. The van der Waals surface area contributed by atoms with E-state index in [-0.39, 0.29) is 17.4 Å². The lowest BCUT2D eigenvalue weighted by atomic mass is 9.99. The van der Waals surface area contributed by atoms with E-state index >= 15 is 0 Å². The Bertz CT molecular complexity index is 782. The number of hydrogen-bond donors (Lipinski definition) is 2. The molecule has 3 N–H and O–H groups in total. The quantitative estimate of drug-likeness (QED) is 0.662. The number of nitrogens with one attached hydrogen (secondary N) is 1. The number of rotatable bonds is 5. The zero-order valence-corrected chi connectivity index (χ0v) is 18.2. The third kappa shape index (κ3) is 4.16. The summed E-state index contributed by atoms with van der Waals surface area (Å²) in [5.41, 5.74) is 5.87. The lowest BCUT2D eigenvalue weighted by Gasteiger charge is -2.29. The van der Waals surface area contributed by atoms with Crippen molar-refractivity contribution in [3.05, 3.63) is 22.3 Å². The molecule has 8 nitrogen and oxygen atoms in total. The molecule has 0 bridgehead atoms. The molecule has 1 aromatic rings. The van der Waals surface area contributed by atoms with Crippen molar-refractivity contribution in [3.63, 3.8) is 0 Å². The molecule has 0 unspecified atom stereocenters. The van der Waals surface area contributed by atoms with Gasteiger partial charge in [0.15, 0.2) is 0 Å². The van der Waals surface area contributed by atoms with E-state index in [1.165, 1.54) is 0 Å². The van der Waals surface area contributed by atoms with Crippen molar-refractivity contribution < 1.29 is 19.1 Å². The van der Waals surface area contributed by atoms with Crippen LogP contribution in [0.2, 0.25) is 0 Å². The van der Waals surface area contributed by atoms with Crippen LogP contribution in [0.25, 0.3) is 0 Å². The number of anilines is 1. The number of likely N-dealkylation sites (tertiary alicyclic amines) is 1. The minimum absolute atomic E-state index is 0.0583. The van der Waals surface area contributed by atoms with Gasteiger partial charge in [0, 0.05) is 30.7 Å². The van der Waals surface area contributed by atoms with Gasteiger partial charge < -0.3 is 20.5 Å². The Labute approximate surface area is 173 Å². The number of fused-ring (bicyclic) bond motifs is 1. The number of halogens is 1. The highest BCUT2D eigenvalue weighted by atomic mass is 79.9. The van der Waals surface area contributed by atoms with Gasteiger partial charge >= 0.3 is 6.09 Å². The third-order valence-electron chi connectivity index (χ3n) is 5.22. The topological polar surface area (TPSA) is 107 Å². The van der Waals surface area contributed by atoms with E-state index in [1.54, 1.807) is 18.1 Å². The van der Waals surface area contributed by atoms with Crippen LogP contribution >= 0.6 is 15.9 Å². The molecule has 1 aliphatic heterocycles. The molecule has 9 heteroatoms. The first kappa shape index (κ1) is 21.0. The molecule has 2 fully saturated rings. The highest BCUT2D eigenvalue weighted by Crippen LogP contribution is 2.59. The van der Waals surface area contributed by atoms with Crippen LogP contribution in [0.4, 0.5) is 10.6 Å². The fourth-order valence-corrected chi connectivity index (χ4v) is 4.08. The van der Waals surface area contributed by atoms with Gasteiger partial charge in [0.1, 0.15) is 22.1 Å². The maximum Gasteiger partial charge on any atom is 0.411 e. The van der Waals surface area contributed by atoms with Crippen LogP contribution in [0.15, 0.2) is 16.7 Å². The Morgan fingerprint density at radius 2 is 2.11 bits per heavy atom. The smallest absolute Gasteiger partial charge is 0.411 e. The SMILES string of the molecule is COCc1ccc(Br)nc1NC(=O)[C@@H]1C[C@@]2(CN)C[C@H]2N1C(=O)OC(C)(C)C. The molecule has 1 saturated carbocycles. The van der Waals surface area contributed by atoms with Gasteiger partial charge in [-0.15, -0.1) is 0 Å². The second kappa shape index (κ2) is 7.61. The average Bonchev–Trinajstić information content (AvgIpc) is 3.20. The summed E-state index contributed by atoms with van der Waals surface area (Å²) >= 11 is 3.32. The Hall–Kier alpha value is -1.71. The highest BCUT2D eigenvalue weighted by molar-refractivity contribution is 9.10. The molecule has 1 aromatic heterocycles. The van der Waals surface area contributed by atoms with Crippen LogP contribution < -0.4 is 11.1 Å². The predicted molar refractivity (Wildman–Crippen MR) is 108 cm³/mol. The zero-order chi connectivity index (χ0) is 20.7. The van der Waals surface area contributed by atoms with Gasteiger partial charge in [-0.05, 0) is 55.6 Å². The van der Waals surface area contributed by atoms with E-state index < -0.39 is 17.7 Å². The number of nitrogens with two attached hydrogens (primary N) is 1. The summed E-state index contributed by atoms with van der Waals surface area (Å²) in [6.45, 7) is 6.17. The Balaban J connectivity index is 1.82. The number of nitrogens with zero attached hydrogens (tertiary/aromatic N) is 2. The summed E-state index contributed by atoms with van der Waals surface area (Å²) in [4.78, 5) is 31.8. The van der Waals surface area contributed by atoms with Crippen LogP contribution in [0.3, 0.4) is 0 Å². The highest BCUT2D eigenvalue weighted by Gasteiger charge is 2.67. The number of piperidine rings is 1. The van der Waals surface area contributed by atoms with Gasteiger partial charge in [0.2, 0.25) is 5.91 Å². The Morgan fingerprint density at radius 3 is 2.71 bits per heavy atom. The van der Waals surface area contributed by atoms with Gasteiger partial charge in [-0.1, -0.05) is 6.07 Å². The molecule has 28 heavy (non-hydrogen) atoms. The fourth-order valence-electron chi connectivity index (χ4n) is 3.77. The zero-order valence-electron chi connectivity index (χ0n) is 16.6. The van der Waals surface area contributed by atoms with Crippen LogP contribution in [-0.4, -0.2) is 53.2 Å². The molecule has 1 aliphatic carbocycles. The van der Waals surface area contributed by atoms with Crippen molar-refractivity contribution in [2.45, 2.75) is 57.9 Å².